The van der Waals surface area contributed by atoms with Gasteiger partial charge in [0.2, 0.25) is 0 Å². The summed E-state index contributed by atoms with van der Waals surface area (Å²) in [6, 6.07) is 0. The first-order valence-electron chi connectivity index (χ1n) is 3.42. The Balaban J connectivity index is 2.38. The van der Waals surface area contributed by atoms with Crippen LogP contribution < -0.4 is 0 Å². The molecule has 0 atom stereocenters. The quantitative estimate of drug-likeness (QED) is 0.479. The van der Waals surface area contributed by atoms with Crippen molar-refractivity contribution in [3.05, 3.63) is 23.5 Å². The highest BCUT2D eigenvalue weighted by Crippen LogP contribution is 2.19. The standard InChI is InChI=1S/C8H8N2/c1-3-7-8(9-5-1)4-2-6-10-7/h3-6H,1-2H2. The lowest BCUT2D eigenvalue weighted by Gasteiger charge is -2.09. The molecule has 2 aliphatic heterocycles. The highest BCUT2D eigenvalue weighted by atomic mass is 14.9. The van der Waals surface area contributed by atoms with E-state index in [4.69, 9.17) is 0 Å². The first-order chi connectivity index (χ1) is 4.97. The molecule has 2 heterocycles. The SMILES string of the molecule is C1=NC2=CCC=NC2=CC1. The molecule has 2 heteroatoms. The molecule has 0 saturated carbocycles. The minimum Gasteiger partial charge on any atom is -0.259 e. The van der Waals surface area contributed by atoms with Gasteiger partial charge in [-0.3, -0.25) is 9.98 Å². The summed E-state index contributed by atoms with van der Waals surface area (Å²) in [6.07, 6.45) is 9.85. The fraction of sp³-hybridized carbons (Fsp3) is 0.250. The number of fused-ring (bicyclic) bond motifs is 1. The van der Waals surface area contributed by atoms with Crippen LogP contribution in [0.1, 0.15) is 12.8 Å². The van der Waals surface area contributed by atoms with E-state index in [0.29, 0.717) is 0 Å². The van der Waals surface area contributed by atoms with Crippen molar-refractivity contribution in [3.8, 4) is 0 Å². The molecule has 2 nitrogen and oxygen atoms in total. The third-order valence-electron chi connectivity index (χ3n) is 1.56. The summed E-state index contributed by atoms with van der Waals surface area (Å²) < 4.78 is 0. The van der Waals surface area contributed by atoms with Gasteiger partial charge in [-0.2, -0.15) is 0 Å². The average Bonchev–Trinajstić information content (AvgIpc) is 2.05. The van der Waals surface area contributed by atoms with Gasteiger partial charge in [0.1, 0.15) is 0 Å². The van der Waals surface area contributed by atoms with Crippen LogP contribution in [-0.2, 0) is 0 Å². The minimum absolute atomic E-state index is 0.921. The van der Waals surface area contributed by atoms with Gasteiger partial charge in [0.15, 0.2) is 0 Å². The lowest BCUT2D eigenvalue weighted by molar-refractivity contribution is 1.13. The molecule has 0 bridgehead atoms. The molecule has 0 unspecified atom stereocenters. The average molecular weight is 132 g/mol. The Bertz CT molecular complexity index is 228. The zero-order valence-electron chi connectivity index (χ0n) is 5.62. The topological polar surface area (TPSA) is 24.7 Å². The van der Waals surface area contributed by atoms with Gasteiger partial charge < -0.3 is 0 Å². The second-order valence-corrected chi connectivity index (χ2v) is 2.27. The molecule has 0 aromatic rings. The van der Waals surface area contributed by atoms with E-state index < -0.39 is 0 Å². The van der Waals surface area contributed by atoms with Crippen LogP contribution in [0.25, 0.3) is 0 Å². The number of nitrogens with zero attached hydrogens (tertiary/aromatic N) is 2. The second-order valence-electron chi connectivity index (χ2n) is 2.27. The number of rotatable bonds is 0. The third kappa shape index (κ3) is 0.817. The molecule has 0 radical (unpaired) electrons. The molecular formula is C8H8N2. The van der Waals surface area contributed by atoms with Gasteiger partial charge in [-0.15, -0.1) is 0 Å². The van der Waals surface area contributed by atoms with Crippen LogP contribution in [0.2, 0.25) is 0 Å². The smallest absolute Gasteiger partial charge is 0.0842 e. The zero-order valence-corrected chi connectivity index (χ0v) is 5.62. The number of hydrogen-bond donors (Lipinski definition) is 0. The van der Waals surface area contributed by atoms with E-state index in [1.807, 2.05) is 12.4 Å². The largest absolute Gasteiger partial charge is 0.259 e. The van der Waals surface area contributed by atoms with Crippen molar-refractivity contribution in [3.63, 3.8) is 0 Å². The molecule has 2 aliphatic rings. The van der Waals surface area contributed by atoms with Crippen LogP contribution in [0, 0.1) is 0 Å². The Labute approximate surface area is 59.7 Å². The summed E-state index contributed by atoms with van der Waals surface area (Å²) in [5.74, 6) is 0. The van der Waals surface area contributed by atoms with Gasteiger partial charge in [0.05, 0.1) is 11.4 Å². The van der Waals surface area contributed by atoms with Gasteiger partial charge in [-0.25, -0.2) is 0 Å². The monoisotopic (exact) mass is 132 g/mol. The molecule has 0 spiro atoms. The predicted molar refractivity (Wildman–Crippen MR) is 42.4 cm³/mol. The number of aliphatic imine (C=N–C) groups is 2. The first kappa shape index (κ1) is 5.59. The van der Waals surface area contributed by atoms with E-state index in [1.54, 1.807) is 0 Å². The van der Waals surface area contributed by atoms with Gasteiger partial charge in [0.25, 0.3) is 0 Å². The summed E-state index contributed by atoms with van der Waals surface area (Å²) in [4.78, 5) is 8.41. The Morgan fingerprint density at radius 3 is 1.90 bits per heavy atom. The molecule has 0 aromatic heterocycles. The van der Waals surface area contributed by atoms with E-state index in [9.17, 15) is 0 Å². The van der Waals surface area contributed by atoms with Crippen LogP contribution in [0.5, 0.6) is 0 Å². The van der Waals surface area contributed by atoms with Crippen LogP contribution in [0.4, 0.5) is 0 Å². The van der Waals surface area contributed by atoms with Crippen LogP contribution >= 0.6 is 0 Å². The Morgan fingerprint density at radius 2 is 1.40 bits per heavy atom. The minimum atomic E-state index is 0.921. The molecule has 50 valence electrons. The predicted octanol–water partition coefficient (Wildman–Crippen LogP) is 1.70. The summed E-state index contributed by atoms with van der Waals surface area (Å²) in [5.41, 5.74) is 2.07. The highest BCUT2D eigenvalue weighted by molar-refractivity contribution is 5.71. The fourth-order valence-corrected chi connectivity index (χ4v) is 1.08. The Hall–Kier alpha value is -1.18. The van der Waals surface area contributed by atoms with Crippen molar-refractivity contribution in [2.45, 2.75) is 12.8 Å². The van der Waals surface area contributed by atoms with Crippen LogP contribution in [0.3, 0.4) is 0 Å². The van der Waals surface area contributed by atoms with E-state index in [1.165, 1.54) is 0 Å². The van der Waals surface area contributed by atoms with E-state index in [2.05, 4.69) is 22.1 Å². The van der Waals surface area contributed by atoms with Crippen LogP contribution in [0.15, 0.2) is 33.5 Å². The number of dihydropyridines is 2. The molecule has 0 aliphatic carbocycles. The summed E-state index contributed by atoms with van der Waals surface area (Å²) in [5, 5.41) is 0. The molecular weight excluding hydrogens is 124 g/mol. The van der Waals surface area contributed by atoms with Gasteiger partial charge in [-0.1, -0.05) is 12.2 Å². The van der Waals surface area contributed by atoms with Crippen molar-refractivity contribution < 1.29 is 0 Å². The lowest BCUT2D eigenvalue weighted by atomic mass is 10.2. The van der Waals surface area contributed by atoms with Crippen molar-refractivity contribution >= 4 is 12.4 Å². The van der Waals surface area contributed by atoms with E-state index >= 15 is 0 Å². The second kappa shape index (κ2) is 2.21. The van der Waals surface area contributed by atoms with Crippen molar-refractivity contribution in [2.24, 2.45) is 9.98 Å². The van der Waals surface area contributed by atoms with Crippen LogP contribution in [-0.4, -0.2) is 12.4 Å². The van der Waals surface area contributed by atoms with Gasteiger partial charge in [-0.05, 0) is 0 Å². The zero-order chi connectivity index (χ0) is 6.81. The molecule has 0 saturated heterocycles. The van der Waals surface area contributed by atoms with Gasteiger partial charge in [0, 0.05) is 25.3 Å². The third-order valence-corrected chi connectivity index (χ3v) is 1.56. The summed E-state index contributed by atoms with van der Waals surface area (Å²) in [6.45, 7) is 0. The molecule has 0 aromatic carbocycles. The normalized spacial score (nSPS) is 21.6. The van der Waals surface area contributed by atoms with Crippen molar-refractivity contribution in [1.82, 2.24) is 0 Å². The maximum absolute atomic E-state index is 4.21. The number of allylic oxidation sites excluding steroid dienone is 2. The molecule has 0 N–H and O–H groups in total. The Kier molecular flexibility index (Phi) is 1.24. The van der Waals surface area contributed by atoms with E-state index in [-0.39, 0.29) is 0 Å². The Morgan fingerprint density at radius 1 is 0.900 bits per heavy atom. The number of hydrogen-bond acceptors (Lipinski definition) is 2. The molecule has 2 rings (SSSR count). The van der Waals surface area contributed by atoms with Gasteiger partial charge >= 0.3 is 0 Å². The summed E-state index contributed by atoms with van der Waals surface area (Å²) in [7, 11) is 0. The molecule has 0 fully saturated rings. The van der Waals surface area contributed by atoms with E-state index in [0.717, 1.165) is 24.2 Å². The van der Waals surface area contributed by atoms with Crippen molar-refractivity contribution in [2.75, 3.05) is 0 Å². The maximum Gasteiger partial charge on any atom is 0.0842 e. The summed E-state index contributed by atoms with van der Waals surface area (Å²) >= 11 is 0. The fourth-order valence-electron chi connectivity index (χ4n) is 1.08. The first-order valence-corrected chi connectivity index (χ1v) is 3.42. The molecule has 10 heavy (non-hydrogen) atoms. The highest BCUT2D eigenvalue weighted by Gasteiger charge is 2.06. The lowest BCUT2D eigenvalue weighted by Crippen LogP contribution is -1.96. The molecule has 0 amide bonds. The maximum atomic E-state index is 4.21. The van der Waals surface area contributed by atoms with Crippen molar-refractivity contribution in [1.29, 1.82) is 0 Å².